The Morgan fingerprint density at radius 3 is 2.41 bits per heavy atom. The largest absolute Gasteiger partial charge is 0.393 e. The Morgan fingerprint density at radius 2 is 1.82 bits per heavy atom. The van der Waals surface area contributed by atoms with E-state index in [0.29, 0.717) is 30.4 Å². The molecule has 94 valence electrons. The SMILES string of the molecule is O=S(=O)(c1ccccc1Br)N1CCC(O)CC1. The first-order chi connectivity index (χ1) is 8.01. The number of aliphatic hydroxyl groups excluding tert-OH is 1. The van der Waals surface area contributed by atoms with E-state index in [0.717, 1.165) is 0 Å². The summed E-state index contributed by atoms with van der Waals surface area (Å²) in [7, 11) is -3.44. The van der Waals surface area contributed by atoms with Crippen molar-refractivity contribution in [1.82, 2.24) is 4.31 Å². The fraction of sp³-hybridized carbons (Fsp3) is 0.455. The van der Waals surface area contributed by atoms with E-state index < -0.39 is 10.0 Å². The highest BCUT2D eigenvalue weighted by atomic mass is 79.9. The van der Waals surface area contributed by atoms with Crippen LogP contribution in [0.1, 0.15) is 12.8 Å². The minimum Gasteiger partial charge on any atom is -0.393 e. The number of sulfonamides is 1. The fourth-order valence-electron chi connectivity index (χ4n) is 1.88. The zero-order valence-corrected chi connectivity index (χ0v) is 11.6. The number of hydrogen-bond acceptors (Lipinski definition) is 3. The van der Waals surface area contributed by atoms with Crippen LogP contribution in [0.25, 0.3) is 0 Å². The first-order valence-corrected chi connectivity index (χ1v) is 7.68. The van der Waals surface area contributed by atoms with Crippen LogP contribution in [0.4, 0.5) is 0 Å². The molecule has 1 heterocycles. The molecule has 0 spiro atoms. The molecular formula is C11H14BrNO3S. The molecule has 1 aromatic carbocycles. The zero-order chi connectivity index (χ0) is 12.5. The monoisotopic (exact) mass is 319 g/mol. The molecule has 0 saturated carbocycles. The molecule has 1 aliphatic rings. The molecule has 1 aromatic rings. The first-order valence-electron chi connectivity index (χ1n) is 5.44. The highest BCUT2D eigenvalue weighted by molar-refractivity contribution is 9.10. The molecule has 1 aliphatic heterocycles. The predicted molar refractivity (Wildman–Crippen MR) is 68.1 cm³/mol. The highest BCUT2D eigenvalue weighted by Crippen LogP contribution is 2.26. The maximum Gasteiger partial charge on any atom is 0.244 e. The van der Waals surface area contributed by atoms with Gasteiger partial charge in [-0.2, -0.15) is 4.31 Å². The Hall–Kier alpha value is -0.430. The molecule has 0 aliphatic carbocycles. The van der Waals surface area contributed by atoms with Crippen molar-refractivity contribution in [2.75, 3.05) is 13.1 Å². The van der Waals surface area contributed by atoms with Crippen LogP contribution in [0.2, 0.25) is 0 Å². The smallest absolute Gasteiger partial charge is 0.244 e. The number of nitrogens with zero attached hydrogens (tertiary/aromatic N) is 1. The van der Waals surface area contributed by atoms with Gasteiger partial charge in [-0.05, 0) is 40.9 Å². The van der Waals surface area contributed by atoms with E-state index in [-0.39, 0.29) is 11.0 Å². The van der Waals surface area contributed by atoms with Crippen molar-refractivity contribution in [3.8, 4) is 0 Å². The van der Waals surface area contributed by atoms with Crippen molar-refractivity contribution >= 4 is 26.0 Å². The van der Waals surface area contributed by atoms with Crippen molar-refractivity contribution in [1.29, 1.82) is 0 Å². The Labute approximate surface area is 109 Å². The van der Waals surface area contributed by atoms with Gasteiger partial charge in [-0.25, -0.2) is 8.42 Å². The van der Waals surface area contributed by atoms with Gasteiger partial charge in [-0.3, -0.25) is 0 Å². The van der Waals surface area contributed by atoms with Crippen molar-refractivity contribution in [2.24, 2.45) is 0 Å². The molecule has 1 fully saturated rings. The van der Waals surface area contributed by atoms with Gasteiger partial charge in [-0.1, -0.05) is 12.1 Å². The van der Waals surface area contributed by atoms with Crippen LogP contribution in [0.3, 0.4) is 0 Å². The molecule has 0 bridgehead atoms. The number of hydrogen-bond donors (Lipinski definition) is 1. The summed E-state index contributed by atoms with van der Waals surface area (Å²) in [5, 5.41) is 9.39. The molecule has 17 heavy (non-hydrogen) atoms. The van der Waals surface area contributed by atoms with Crippen LogP contribution in [-0.2, 0) is 10.0 Å². The second-order valence-corrected chi connectivity index (χ2v) is 6.83. The molecule has 0 atom stereocenters. The number of piperidine rings is 1. The van der Waals surface area contributed by atoms with E-state index in [1.807, 2.05) is 0 Å². The highest BCUT2D eigenvalue weighted by Gasteiger charge is 2.29. The number of rotatable bonds is 2. The third-order valence-corrected chi connectivity index (χ3v) is 5.79. The Bertz CT molecular complexity index is 495. The van der Waals surface area contributed by atoms with Gasteiger partial charge in [0, 0.05) is 17.6 Å². The van der Waals surface area contributed by atoms with Crippen LogP contribution in [0, 0.1) is 0 Å². The van der Waals surface area contributed by atoms with Crippen molar-refractivity contribution in [2.45, 2.75) is 23.8 Å². The summed E-state index contributed by atoms with van der Waals surface area (Å²) < 4.78 is 26.7. The van der Waals surface area contributed by atoms with Gasteiger partial charge in [-0.15, -0.1) is 0 Å². The summed E-state index contributed by atoms with van der Waals surface area (Å²) in [6.07, 6.45) is 0.633. The van der Waals surface area contributed by atoms with Crippen LogP contribution in [-0.4, -0.2) is 37.0 Å². The van der Waals surface area contributed by atoms with Crippen molar-refractivity contribution in [3.63, 3.8) is 0 Å². The molecule has 2 rings (SSSR count). The standard InChI is InChI=1S/C11H14BrNO3S/c12-10-3-1-2-4-11(10)17(15,16)13-7-5-9(14)6-8-13/h1-4,9,14H,5-8H2. The molecule has 6 heteroatoms. The topological polar surface area (TPSA) is 57.6 Å². The van der Waals surface area contributed by atoms with E-state index in [4.69, 9.17) is 0 Å². The third kappa shape index (κ3) is 2.70. The molecule has 4 nitrogen and oxygen atoms in total. The van der Waals surface area contributed by atoms with Gasteiger partial charge < -0.3 is 5.11 Å². The summed E-state index contributed by atoms with van der Waals surface area (Å²) in [4.78, 5) is 0.288. The molecule has 0 unspecified atom stereocenters. The van der Waals surface area contributed by atoms with E-state index in [1.54, 1.807) is 24.3 Å². The van der Waals surface area contributed by atoms with Gasteiger partial charge in [0.2, 0.25) is 10.0 Å². The van der Waals surface area contributed by atoms with Crippen LogP contribution < -0.4 is 0 Å². The predicted octanol–water partition coefficient (Wildman–Crippen LogP) is 1.59. The summed E-state index contributed by atoms with van der Waals surface area (Å²) in [6, 6.07) is 6.79. The third-order valence-electron chi connectivity index (χ3n) is 2.88. The summed E-state index contributed by atoms with van der Waals surface area (Å²) >= 11 is 3.26. The Morgan fingerprint density at radius 1 is 1.24 bits per heavy atom. The van der Waals surface area contributed by atoms with E-state index in [9.17, 15) is 13.5 Å². The lowest BCUT2D eigenvalue weighted by Gasteiger charge is -2.29. The minimum atomic E-state index is -3.44. The van der Waals surface area contributed by atoms with Gasteiger partial charge in [0.25, 0.3) is 0 Å². The van der Waals surface area contributed by atoms with E-state index in [1.165, 1.54) is 4.31 Å². The molecular weight excluding hydrogens is 306 g/mol. The lowest BCUT2D eigenvalue weighted by molar-refractivity contribution is 0.113. The van der Waals surface area contributed by atoms with Crippen LogP contribution >= 0.6 is 15.9 Å². The summed E-state index contributed by atoms with van der Waals surface area (Å²) in [5.74, 6) is 0. The molecule has 1 N–H and O–H groups in total. The zero-order valence-electron chi connectivity index (χ0n) is 9.21. The average Bonchev–Trinajstić information content (AvgIpc) is 2.30. The van der Waals surface area contributed by atoms with Gasteiger partial charge in [0.05, 0.1) is 11.0 Å². The van der Waals surface area contributed by atoms with Crippen LogP contribution in [0.5, 0.6) is 0 Å². The minimum absolute atomic E-state index is 0.288. The Balaban J connectivity index is 2.28. The molecule has 1 saturated heterocycles. The van der Waals surface area contributed by atoms with Crippen molar-refractivity contribution < 1.29 is 13.5 Å². The first kappa shape index (κ1) is 13.0. The number of halogens is 1. The second kappa shape index (κ2) is 5.06. The maximum atomic E-state index is 12.3. The average molecular weight is 320 g/mol. The maximum absolute atomic E-state index is 12.3. The molecule has 0 amide bonds. The fourth-order valence-corrected chi connectivity index (χ4v) is 4.31. The normalized spacial score (nSPS) is 19.4. The molecule has 0 aromatic heterocycles. The van der Waals surface area contributed by atoms with E-state index >= 15 is 0 Å². The number of aliphatic hydroxyl groups is 1. The van der Waals surface area contributed by atoms with Gasteiger partial charge in [0.1, 0.15) is 0 Å². The van der Waals surface area contributed by atoms with Gasteiger partial charge in [0.15, 0.2) is 0 Å². The van der Waals surface area contributed by atoms with E-state index in [2.05, 4.69) is 15.9 Å². The summed E-state index contributed by atoms with van der Waals surface area (Å²) in [6.45, 7) is 0.760. The van der Waals surface area contributed by atoms with Crippen LogP contribution in [0.15, 0.2) is 33.6 Å². The second-order valence-electron chi connectivity index (χ2n) is 4.07. The molecule has 0 radical (unpaired) electrons. The lowest BCUT2D eigenvalue weighted by Crippen LogP contribution is -2.40. The Kier molecular flexibility index (Phi) is 3.87. The van der Waals surface area contributed by atoms with Crippen molar-refractivity contribution in [3.05, 3.63) is 28.7 Å². The van der Waals surface area contributed by atoms with Gasteiger partial charge >= 0.3 is 0 Å². The number of benzene rings is 1. The lowest BCUT2D eigenvalue weighted by atomic mass is 10.1. The quantitative estimate of drug-likeness (QED) is 0.900. The summed E-state index contributed by atoms with van der Waals surface area (Å²) in [5.41, 5.74) is 0.